The molecule has 0 aliphatic heterocycles. The summed E-state index contributed by atoms with van der Waals surface area (Å²) >= 11 is 0. The van der Waals surface area contributed by atoms with Gasteiger partial charge < -0.3 is 4.74 Å². The third-order valence-corrected chi connectivity index (χ3v) is 2.91. The zero-order chi connectivity index (χ0) is 14.4. The van der Waals surface area contributed by atoms with Gasteiger partial charge in [-0.05, 0) is 30.2 Å². The van der Waals surface area contributed by atoms with Crippen LogP contribution in [0.3, 0.4) is 0 Å². The van der Waals surface area contributed by atoms with Crippen molar-refractivity contribution in [3.8, 4) is 5.75 Å². The molecule has 0 saturated carbocycles. The van der Waals surface area contributed by atoms with Gasteiger partial charge in [0, 0.05) is 0 Å². The number of nitrogens with zero attached hydrogens (tertiary/aromatic N) is 1. The lowest BCUT2D eigenvalue weighted by molar-refractivity contribution is 0.0952. The first-order valence-electron chi connectivity index (χ1n) is 6.24. The second-order valence-electron chi connectivity index (χ2n) is 4.26. The number of carbonyl (C=O) groups is 1. The van der Waals surface area contributed by atoms with Crippen molar-refractivity contribution in [3.05, 3.63) is 65.2 Å². The quantitative estimate of drug-likeness (QED) is 0.684. The highest BCUT2D eigenvalue weighted by molar-refractivity contribution is 5.97. The van der Waals surface area contributed by atoms with Crippen LogP contribution in [0.4, 0.5) is 0 Å². The molecule has 0 bridgehead atoms. The molecule has 20 heavy (non-hydrogen) atoms. The number of carbonyl (C=O) groups excluding carboxylic acids is 1. The molecule has 2 rings (SSSR count). The van der Waals surface area contributed by atoms with Crippen LogP contribution in [0.15, 0.2) is 53.6 Å². The Bertz CT molecular complexity index is 636. The number of nitrogens with one attached hydrogen (secondary N) is 1. The molecule has 2 aromatic carbocycles. The molecule has 0 spiro atoms. The minimum Gasteiger partial charge on any atom is -0.496 e. The Kier molecular flexibility index (Phi) is 4.50. The van der Waals surface area contributed by atoms with E-state index in [-0.39, 0.29) is 5.91 Å². The van der Waals surface area contributed by atoms with Crippen LogP contribution in [0, 0.1) is 6.92 Å². The number of hydrogen-bond acceptors (Lipinski definition) is 3. The smallest absolute Gasteiger partial charge is 0.275 e. The SMILES string of the molecule is COc1ccccc1C(=O)N/N=C/c1ccccc1C. The maximum absolute atomic E-state index is 12.0. The van der Waals surface area contributed by atoms with Crippen molar-refractivity contribution >= 4 is 12.1 Å². The van der Waals surface area contributed by atoms with Crippen molar-refractivity contribution in [1.29, 1.82) is 0 Å². The molecule has 0 fully saturated rings. The zero-order valence-electron chi connectivity index (χ0n) is 11.5. The summed E-state index contributed by atoms with van der Waals surface area (Å²) in [7, 11) is 1.53. The van der Waals surface area contributed by atoms with E-state index in [1.165, 1.54) is 7.11 Å². The van der Waals surface area contributed by atoms with Crippen LogP contribution in [-0.2, 0) is 0 Å². The number of methoxy groups -OCH3 is 1. The van der Waals surface area contributed by atoms with Crippen LogP contribution < -0.4 is 10.2 Å². The number of ether oxygens (including phenoxy) is 1. The van der Waals surface area contributed by atoms with Crippen LogP contribution in [0.1, 0.15) is 21.5 Å². The van der Waals surface area contributed by atoms with Crippen molar-refractivity contribution in [2.24, 2.45) is 5.10 Å². The summed E-state index contributed by atoms with van der Waals surface area (Å²) < 4.78 is 5.14. The van der Waals surface area contributed by atoms with E-state index in [9.17, 15) is 4.79 Å². The fourth-order valence-electron chi connectivity index (χ4n) is 1.78. The first-order valence-corrected chi connectivity index (χ1v) is 6.24. The molecule has 0 radical (unpaired) electrons. The van der Waals surface area contributed by atoms with E-state index < -0.39 is 0 Å². The van der Waals surface area contributed by atoms with Crippen LogP contribution in [0.2, 0.25) is 0 Å². The molecule has 1 N–H and O–H groups in total. The van der Waals surface area contributed by atoms with Crippen LogP contribution >= 0.6 is 0 Å². The maximum atomic E-state index is 12.0. The normalized spacial score (nSPS) is 10.5. The van der Waals surface area contributed by atoms with Crippen molar-refractivity contribution in [1.82, 2.24) is 5.43 Å². The van der Waals surface area contributed by atoms with Crippen molar-refractivity contribution in [2.45, 2.75) is 6.92 Å². The van der Waals surface area contributed by atoms with E-state index in [1.54, 1.807) is 24.4 Å². The number of rotatable bonds is 4. The van der Waals surface area contributed by atoms with E-state index >= 15 is 0 Å². The number of hydrogen-bond donors (Lipinski definition) is 1. The summed E-state index contributed by atoms with van der Waals surface area (Å²) in [4.78, 5) is 12.0. The number of aryl methyl sites for hydroxylation is 1. The summed E-state index contributed by atoms with van der Waals surface area (Å²) in [5.74, 6) is 0.225. The Labute approximate surface area is 118 Å². The van der Waals surface area contributed by atoms with Gasteiger partial charge in [0.2, 0.25) is 0 Å². The van der Waals surface area contributed by atoms with Gasteiger partial charge in [-0.15, -0.1) is 0 Å². The zero-order valence-corrected chi connectivity index (χ0v) is 11.5. The van der Waals surface area contributed by atoms with Gasteiger partial charge >= 0.3 is 0 Å². The van der Waals surface area contributed by atoms with Crippen LogP contribution in [0.25, 0.3) is 0 Å². The van der Waals surface area contributed by atoms with Gasteiger partial charge in [0.25, 0.3) is 5.91 Å². The molecular weight excluding hydrogens is 252 g/mol. The number of para-hydroxylation sites is 1. The lowest BCUT2D eigenvalue weighted by Gasteiger charge is -2.06. The molecule has 4 nitrogen and oxygen atoms in total. The van der Waals surface area contributed by atoms with Crippen molar-refractivity contribution < 1.29 is 9.53 Å². The van der Waals surface area contributed by atoms with E-state index in [1.807, 2.05) is 37.3 Å². The lowest BCUT2D eigenvalue weighted by Crippen LogP contribution is -2.18. The second-order valence-corrected chi connectivity index (χ2v) is 4.26. The summed E-state index contributed by atoms with van der Waals surface area (Å²) in [5, 5.41) is 3.97. The highest BCUT2D eigenvalue weighted by Gasteiger charge is 2.09. The van der Waals surface area contributed by atoms with Gasteiger partial charge in [-0.1, -0.05) is 36.4 Å². The fourth-order valence-corrected chi connectivity index (χ4v) is 1.78. The fraction of sp³-hybridized carbons (Fsp3) is 0.125. The van der Waals surface area contributed by atoms with Gasteiger partial charge in [0.15, 0.2) is 0 Å². The van der Waals surface area contributed by atoms with E-state index in [4.69, 9.17) is 4.74 Å². The molecule has 102 valence electrons. The molecule has 0 atom stereocenters. The Morgan fingerprint density at radius 2 is 1.85 bits per heavy atom. The largest absolute Gasteiger partial charge is 0.496 e. The van der Waals surface area contributed by atoms with Gasteiger partial charge in [0.05, 0.1) is 18.9 Å². The predicted molar refractivity (Wildman–Crippen MR) is 79.2 cm³/mol. The molecule has 2 aromatic rings. The maximum Gasteiger partial charge on any atom is 0.275 e. The Morgan fingerprint density at radius 3 is 2.60 bits per heavy atom. The van der Waals surface area contributed by atoms with Gasteiger partial charge in [-0.2, -0.15) is 5.10 Å². The monoisotopic (exact) mass is 268 g/mol. The van der Waals surface area contributed by atoms with Gasteiger partial charge in [-0.25, -0.2) is 5.43 Å². The summed E-state index contributed by atoms with van der Waals surface area (Å²) in [5.41, 5.74) is 5.02. The predicted octanol–water partition coefficient (Wildman–Crippen LogP) is 2.77. The molecule has 0 aliphatic rings. The van der Waals surface area contributed by atoms with E-state index in [0.29, 0.717) is 11.3 Å². The highest BCUT2D eigenvalue weighted by Crippen LogP contribution is 2.16. The Hall–Kier alpha value is -2.62. The molecular formula is C16H16N2O2. The number of hydrazone groups is 1. The van der Waals surface area contributed by atoms with Gasteiger partial charge in [-0.3, -0.25) is 4.79 Å². The first-order chi connectivity index (χ1) is 9.72. The topological polar surface area (TPSA) is 50.7 Å². The Morgan fingerprint density at radius 1 is 1.15 bits per heavy atom. The Balaban J connectivity index is 2.07. The van der Waals surface area contributed by atoms with Crippen molar-refractivity contribution in [3.63, 3.8) is 0 Å². The standard InChI is InChI=1S/C16H16N2O2/c1-12-7-3-4-8-13(12)11-17-18-16(19)14-9-5-6-10-15(14)20-2/h3-11H,1-2H3,(H,18,19)/b17-11+. The second kappa shape index (κ2) is 6.52. The van der Waals surface area contributed by atoms with Crippen molar-refractivity contribution in [2.75, 3.05) is 7.11 Å². The third kappa shape index (κ3) is 3.23. The molecule has 4 heteroatoms. The van der Waals surface area contributed by atoms with Crippen LogP contribution in [0.5, 0.6) is 5.75 Å². The first kappa shape index (κ1) is 13.8. The molecule has 0 saturated heterocycles. The van der Waals surface area contributed by atoms with E-state index in [2.05, 4.69) is 10.5 Å². The van der Waals surface area contributed by atoms with Crippen LogP contribution in [-0.4, -0.2) is 19.2 Å². The minimum atomic E-state index is -0.299. The summed E-state index contributed by atoms with van der Waals surface area (Å²) in [6.07, 6.45) is 1.63. The minimum absolute atomic E-state index is 0.299. The van der Waals surface area contributed by atoms with E-state index in [0.717, 1.165) is 11.1 Å². The molecule has 0 heterocycles. The average molecular weight is 268 g/mol. The molecule has 1 amide bonds. The third-order valence-electron chi connectivity index (χ3n) is 2.91. The number of benzene rings is 2. The molecule has 0 aromatic heterocycles. The summed E-state index contributed by atoms with van der Waals surface area (Å²) in [6, 6.07) is 14.8. The van der Waals surface area contributed by atoms with Gasteiger partial charge in [0.1, 0.15) is 5.75 Å². The average Bonchev–Trinajstić information content (AvgIpc) is 2.49. The number of amides is 1. The molecule has 0 unspecified atom stereocenters. The summed E-state index contributed by atoms with van der Waals surface area (Å²) in [6.45, 7) is 1.99. The highest BCUT2D eigenvalue weighted by atomic mass is 16.5. The lowest BCUT2D eigenvalue weighted by atomic mass is 10.1. The molecule has 0 aliphatic carbocycles.